The largest absolute Gasteiger partial charge is 0.470 e. The first kappa shape index (κ1) is 44.6. The summed E-state index contributed by atoms with van der Waals surface area (Å²) in [6.07, 6.45) is 12.5. The minimum Gasteiger partial charge on any atom is -0.470 e. The molecule has 0 N–H and O–H groups in total. The zero-order chi connectivity index (χ0) is 47.9. The van der Waals surface area contributed by atoms with Gasteiger partial charge in [-0.05, 0) is 130 Å². The second-order valence-electron chi connectivity index (χ2n) is 22.3. The molecule has 4 heterocycles. The van der Waals surface area contributed by atoms with E-state index in [1.54, 1.807) is 0 Å². The smallest absolute Gasteiger partial charge is 0.234 e. The van der Waals surface area contributed by atoms with Gasteiger partial charge in [0.2, 0.25) is 6.71 Å². The van der Waals surface area contributed by atoms with Crippen LogP contribution in [-0.4, -0.2) is 28.8 Å². The molecular formula is C63H63BN4OS. The minimum absolute atomic E-state index is 0.0178. The molecule has 0 bridgehead atoms. The highest BCUT2D eigenvalue weighted by Crippen LogP contribution is 2.64. The van der Waals surface area contributed by atoms with Gasteiger partial charge in [-0.25, -0.2) is 0 Å². The van der Waals surface area contributed by atoms with E-state index in [-0.39, 0.29) is 35.0 Å². The fourth-order valence-corrected chi connectivity index (χ4v) is 14.0. The Morgan fingerprint density at radius 3 is 1.81 bits per heavy atom. The Morgan fingerprint density at radius 2 is 1.26 bits per heavy atom. The fraction of sp³-hybridized carbons (Fsp3) is 0.270. The highest BCUT2D eigenvalue weighted by atomic mass is 32.2. The lowest BCUT2D eigenvalue weighted by Gasteiger charge is -2.59. The molecule has 350 valence electrons. The Balaban J connectivity index is 1.13. The summed E-state index contributed by atoms with van der Waals surface area (Å²) >= 11 is 2.09. The van der Waals surface area contributed by atoms with E-state index in [0.717, 1.165) is 36.4 Å². The van der Waals surface area contributed by atoms with Crippen molar-refractivity contribution in [2.24, 2.45) is 11.3 Å². The number of nitrogens with zero attached hydrogens (tertiary/aromatic N) is 4. The minimum atomic E-state index is -0.529. The lowest BCUT2D eigenvalue weighted by atomic mass is 9.28. The zero-order valence-electron chi connectivity index (χ0n) is 41.6. The monoisotopic (exact) mass is 934 g/mol. The number of anilines is 5. The van der Waals surface area contributed by atoms with Crippen molar-refractivity contribution in [3.05, 3.63) is 238 Å². The summed E-state index contributed by atoms with van der Waals surface area (Å²) in [6, 6.07) is 62.4. The van der Waals surface area contributed by atoms with Gasteiger partial charge >= 0.3 is 0 Å². The Bertz CT molecular complexity index is 3020. The summed E-state index contributed by atoms with van der Waals surface area (Å²) in [4.78, 5) is 12.0. The highest BCUT2D eigenvalue weighted by Gasteiger charge is 2.64. The molecule has 0 saturated carbocycles. The number of hydrogen-bond donors (Lipinski definition) is 0. The third-order valence-corrected chi connectivity index (χ3v) is 17.2. The van der Waals surface area contributed by atoms with E-state index in [1.807, 2.05) is 0 Å². The molecule has 1 fully saturated rings. The van der Waals surface area contributed by atoms with E-state index in [1.165, 1.54) is 61.3 Å². The maximum Gasteiger partial charge on any atom is 0.234 e. The van der Waals surface area contributed by atoms with Gasteiger partial charge in [0.25, 0.3) is 0 Å². The Kier molecular flexibility index (Phi) is 10.9. The molecule has 0 amide bonds. The first-order valence-electron chi connectivity index (χ1n) is 25.4. The summed E-state index contributed by atoms with van der Waals surface area (Å²) in [5.74, 6) is 1.49. The summed E-state index contributed by atoms with van der Waals surface area (Å²) in [6.45, 7) is 16.7. The quantitative estimate of drug-likeness (QED) is 0.141. The lowest BCUT2D eigenvalue weighted by Crippen LogP contribution is -2.68. The molecule has 6 aromatic rings. The van der Waals surface area contributed by atoms with E-state index in [4.69, 9.17) is 4.74 Å². The molecule has 0 aromatic heterocycles. The van der Waals surface area contributed by atoms with Crippen molar-refractivity contribution in [2.75, 3.05) is 14.7 Å². The van der Waals surface area contributed by atoms with Gasteiger partial charge in [-0.15, -0.1) is 11.8 Å². The number of rotatable bonds is 8. The van der Waals surface area contributed by atoms with Gasteiger partial charge in [-0.2, -0.15) is 0 Å². The third-order valence-electron chi connectivity index (χ3n) is 15.8. The standard InChI is InChI=1S/C63H63BN4OS/c1-61(2,3)43-32-36-49(37-33-43)67-53-40-51(65(45-22-12-8-13-23-45)46-24-14-9-15-25-46)42-63(7)58(53)64(59-54(67)41-56(70-59)66(47-26-16-10-17-27-47)48-28-18-11-19-29-48)57-52-30-20-21-31-55(52)69-60(57)68(63)50-38-34-44(35-39-50)62(4,5)6/h8-32,34-40,43,56-57,60H,33,41-42H2,1-7H3. The maximum atomic E-state index is 7.49. The van der Waals surface area contributed by atoms with Gasteiger partial charge in [-0.3, -0.25) is 0 Å². The average molecular weight is 935 g/mol. The van der Waals surface area contributed by atoms with Crippen molar-refractivity contribution < 1.29 is 4.74 Å². The lowest BCUT2D eigenvalue weighted by molar-refractivity contribution is 0.182. The topological polar surface area (TPSA) is 22.2 Å². The van der Waals surface area contributed by atoms with Crippen LogP contribution >= 0.6 is 11.8 Å². The zero-order valence-corrected chi connectivity index (χ0v) is 42.4. The van der Waals surface area contributed by atoms with Crippen LogP contribution in [0.15, 0.2) is 227 Å². The Morgan fingerprint density at radius 1 is 0.686 bits per heavy atom. The molecule has 4 aliphatic heterocycles. The van der Waals surface area contributed by atoms with Crippen molar-refractivity contribution >= 4 is 46.9 Å². The number of allylic oxidation sites excluding steroid dienone is 4. The Labute approximate surface area is 420 Å². The van der Waals surface area contributed by atoms with E-state index < -0.39 is 5.54 Å². The molecule has 5 nitrogen and oxygen atoms in total. The van der Waals surface area contributed by atoms with Crippen LogP contribution in [-0.2, 0) is 5.41 Å². The number of hydrogen-bond acceptors (Lipinski definition) is 6. The molecule has 7 heteroatoms. The van der Waals surface area contributed by atoms with Gasteiger partial charge in [0.1, 0.15) is 5.75 Å². The van der Waals surface area contributed by atoms with Crippen molar-refractivity contribution in [3.8, 4) is 5.75 Å². The van der Waals surface area contributed by atoms with Gasteiger partial charge in [0.15, 0.2) is 6.23 Å². The second-order valence-corrected chi connectivity index (χ2v) is 23.5. The average Bonchev–Trinajstić information content (AvgIpc) is 3.97. The van der Waals surface area contributed by atoms with E-state index in [2.05, 4.69) is 274 Å². The van der Waals surface area contributed by atoms with Crippen LogP contribution < -0.4 is 19.4 Å². The van der Waals surface area contributed by atoms with Crippen LogP contribution in [0.25, 0.3) is 0 Å². The van der Waals surface area contributed by atoms with Gasteiger partial charge < -0.3 is 24.3 Å². The molecule has 70 heavy (non-hydrogen) atoms. The number of benzene rings is 6. The number of thioether (sulfide) groups is 1. The van der Waals surface area contributed by atoms with Gasteiger partial charge in [0, 0.05) is 69.9 Å². The van der Waals surface area contributed by atoms with Crippen molar-refractivity contribution in [2.45, 2.75) is 96.1 Å². The molecule has 0 radical (unpaired) electrons. The van der Waals surface area contributed by atoms with Crippen LogP contribution in [0.4, 0.5) is 28.4 Å². The van der Waals surface area contributed by atoms with Crippen LogP contribution in [0.3, 0.4) is 0 Å². The fourth-order valence-electron chi connectivity index (χ4n) is 12.4. The van der Waals surface area contributed by atoms with Crippen molar-refractivity contribution in [3.63, 3.8) is 0 Å². The summed E-state index contributed by atoms with van der Waals surface area (Å²) in [5, 5.41) is 0.105. The van der Waals surface area contributed by atoms with Crippen LogP contribution in [0.1, 0.15) is 84.7 Å². The van der Waals surface area contributed by atoms with Crippen LogP contribution in [0, 0.1) is 11.3 Å². The molecule has 5 atom stereocenters. The molecule has 2 aliphatic carbocycles. The first-order chi connectivity index (χ1) is 33.9. The molecular weight excluding hydrogens is 872 g/mol. The van der Waals surface area contributed by atoms with E-state index in [9.17, 15) is 0 Å². The predicted molar refractivity (Wildman–Crippen MR) is 295 cm³/mol. The van der Waals surface area contributed by atoms with Gasteiger partial charge in [-0.1, -0.05) is 157 Å². The van der Waals surface area contributed by atoms with Crippen LogP contribution in [0.5, 0.6) is 5.75 Å². The molecule has 5 unspecified atom stereocenters. The first-order valence-corrected chi connectivity index (χ1v) is 26.2. The number of ether oxygens (including phenoxy) is 1. The summed E-state index contributed by atoms with van der Waals surface area (Å²) in [7, 11) is 0. The molecule has 0 spiro atoms. The van der Waals surface area contributed by atoms with Crippen LogP contribution in [0.2, 0.25) is 0 Å². The maximum absolute atomic E-state index is 7.49. The van der Waals surface area contributed by atoms with Crippen molar-refractivity contribution in [1.29, 1.82) is 0 Å². The third kappa shape index (κ3) is 7.46. The predicted octanol–water partition coefficient (Wildman–Crippen LogP) is 15.9. The van der Waals surface area contributed by atoms with E-state index in [0.29, 0.717) is 5.92 Å². The Hall–Kier alpha value is -6.57. The highest BCUT2D eigenvalue weighted by molar-refractivity contribution is 8.06. The molecule has 12 rings (SSSR count). The second kappa shape index (κ2) is 17.1. The summed E-state index contributed by atoms with van der Waals surface area (Å²) < 4.78 is 7.49. The molecule has 6 aromatic carbocycles. The van der Waals surface area contributed by atoms with Crippen molar-refractivity contribution in [1.82, 2.24) is 4.90 Å². The SMILES string of the molecule is CC(C)(C)c1ccc(N2C3Oc4ccccc4C3B3C4=C(CC(N(c5ccccc5)c5ccccc5)S4)N(C4=CCC(C(C)(C)C)C=C4)C4=C3C2(C)CC(N(c2ccccc2)c2ccccc2)=C4)cc1. The van der Waals surface area contributed by atoms with E-state index >= 15 is 0 Å². The normalized spacial score (nSPS) is 23.5. The molecule has 1 saturated heterocycles. The molecule has 6 aliphatic rings. The van der Waals surface area contributed by atoms with Gasteiger partial charge in [0.05, 0.1) is 10.9 Å². The number of para-hydroxylation sites is 5. The number of fused-ring (bicyclic) bond motifs is 5. The summed E-state index contributed by atoms with van der Waals surface area (Å²) in [5.41, 5.74) is 14.8.